The SMILES string of the molecule is NC1CCc2cc3c(C(F)(F)F)cccc3n2C1. The van der Waals surface area contributed by atoms with Crippen LogP contribution in [0.5, 0.6) is 0 Å². The van der Waals surface area contributed by atoms with Crippen LogP contribution in [0.2, 0.25) is 0 Å². The number of aromatic nitrogens is 1. The van der Waals surface area contributed by atoms with Crippen molar-refractivity contribution in [1.82, 2.24) is 4.57 Å². The van der Waals surface area contributed by atoms with Crippen LogP contribution in [-0.2, 0) is 19.1 Å². The van der Waals surface area contributed by atoms with Gasteiger partial charge in [0, 0.05) is 29.2 Å². The zero-order valence-electron chi connectivity index (χ0n) is 9.67. The van der Waals surface area contributed by atoms with Crippen LogP contribution in [0.15, 0.2) is 24.3 Å². The monoisotopic (exact) mass is 254 g/mol. The molecule has 1 aromatic heterocycles. The number of hydrogen-bond donors (Lipinski definition) is 1. The van der Waals surface area contributed by atoms with Crippen molar-refractivity contribution in [1.29, 1.82) is 0 Å². The molecule has 1 atom stereocenters. The second-order valence-corrected chi connectivity index (χ2v) is 4.78. The number of rotatable bonds is 0. The molecule has 2 aromatic rings. The first-order valence-electron chi connectivity index (χ1n) is 5.91. The third-order valence-corrected chi connectivity index (χ3v) is 3.53. The van der Waals surface area contributed by atoms with E-state index in [2.05, 4.69) is 0 Å². The molecule has 0 aliphatic carbocycles. The van der Waals surface area contributed by atoms with Gasteiger partial charge in [0.05, 0.1) is 5.56 Å². The molecule has 2 nitrogen and oxygen atoms in total. The first-order chi connectivity index (χ1) is 8.47. The van der Waals surface area contributed by atoms with Crippen LogP contribution in [0.1, 0.15) is 17.7 Å². The van der Waals surface area contributed by atoms with Crippen LogP contribution < -0.4 is 5.73 Å². The van der Waals surface area contributed by atoms with Crippen LogP contribution in [0, 0.1) is 0 Å². The molecule has 2 heterocycles. The second kappa shape index (κ2) is 3.75. The van der Waals surface area contributed by atoms with E-state index < -0.39 is 11.7 Å². The number of hydrogen-bond acceptors (Lipinski definition) is 1. The van der Waals surface area contributed by atoms with Crippen LogP contribution in [0.3, 0.4) is 0 Å². The fourth-order valence-electron chi connectivity index (χ4n) is 2.67. The van der Waals surface area contributed by atoms with Gasteiger partial charge in [0.1, 0.15) is 0 Å². The van der Waals surface area contributed by atoms with Crippen molar-refractivity contribution in [3.05, 3.63) is 35.5 Å². The maximum absolute atomic E-state index is 12.9. The van der Waals surface area contributed by atoms with Gasteiger partial charge in [-0.25, -0.2) is 0 Å². The fourth-order valence-corrected chi connectivity index (χ4v) is 2.67. The summed E-state index contributed by atoms with van der Waals surface area (Å²) in [5.74, 6) is 0. The molecule has 18 heavy (non-hydrogen) atoms. The summed E-state index contributed by atoms with van der Waals surface area (Å²) < 4.78 is 40.7. The third-order valence-electron chi connectivity index (χ3n) is 3.53. The number of nitrogens with two attached hydrogens (primary N) is 1. The largest absolute Gasteiger partial charge is 0.417 e. The highest BCUT2D eigenvalue weighted by atomic mass is 19.4. The van der Waals surface area contributed by atoms with Gasteiger partial charge in [-0.05, 0) is 31.0 Å². The predicted molar refractivity (Wildman–Crippen MR) is 63.2 cm³/mol. The summed E-state index contributed by atoms with van der Waals surface area (Å²) in [6, 6.07) is 6.01. The van der Waals surface area contributed by atoms with E-state index in [1.807, 2.05) is 4.57 Å². The Morgan fingerprint density at radius 3 is 2.78 bits per heavy atom. The lowest BCUT2D eigenvalue weighted by Gasteiger charge is -2.22. The molecular formula is C13H13F3N2. The van der Waals surface area contributed by atoms with Crippen LogP contribution in [0.4, 0.5) is 13.2 Å². The highest BCUT2D eigenvalue weighted by Crippen LogP contribution is 2.37. The zero-order valence-corrected chi connectivity index (χ0v) is 9.67. The van der Waals surface area contributed by atoms with Crippen LogP contribution in [-0.4, -0.2) is 10.6 Å². The van der Waals surface area contributed by atoms with Gasteiger partial charge < -0.3 is 10.3 Å². The molecule has 0 saturated heterocycles. The summed E-state index contributed by atoms with van der Waals surface area (Å²) >= 11 is 0. The number of aryl methyl sites for hydroxylation is 1. The van der Waals surface area contributed by atoms with Crippen molar-refractivity contribution in [2.45, 2.75) is 31.6 Å². The number of nitrogens with zero attached hydrogens (tertiary/aromatic N) is 1. The fraction of sp³-hybridized carbons (Fsp3) is 0.385. The first-order valence-corrected chi connectivity index (χ1v) is 5.91. The Kier molecular flexibility index (Phi) is 2.41. The smallest absolute Gasteiger partial charge is 0.343 e. The first kappa shape index (κ1) is 11.6. The van der Waals surface area contributed by atoms with E-state index >= 15 is 0 Å². The molecule has 96 valence electrons. The summed E-state index contributed by atoms with van der Waals surface area (Å²) in [5.41, 5.74) is 6.90. The van der Waals surface area contributed by atoms with Gasteiger partial charge in [0.25, 0.3) is 0 Å². The molecule has 1 aromatic carbocycles. The van der Waals surface area contributed by atoms with Crippen molar-refractivity contribution in [3.63, 3.8) is 0 Å². The van der Waals surface area contributed by atoms with E-state index in [1.165, 1.54) is 6.07 Å². The lowest BCUT2D eigenvalue weighted by atomic mass is 10.1. The standard InChI is InChI=1S/C13H13F3N2/c14-13(15,16)11-2-1-3-12-10(11)6-9-5-4-8(17)7-18(9)12/h1-3,6,8H,4-5,7,17H2. The van der Waals surface area contributed by atoms with Gasteiger partial charge in [-0.15, -0.1) is 0 Å². The summed E-state index contributed by atoms with van der Waals surface area (Å²) in [6.45, 7) is 0.597. The number of halogens is 3. The van der Waals surface area contributed by atoms with Crippen molar-refractivity contribution in [3.8, 4) is 0 Å². The summed E-state index contributed by atoms with van der Waals surface area (Å²) in [6.07, 6.45) is -2.73. The normalized spacial score (nSPS) is 20.1. The maximum atomic E-state index is 12.9. The maximum Gasteiger partial charge on any atom is 0.417 e. The molecule has 0 radical (unpaired) electrons. The average molecular weight is 254 g/mol. The minimum absolute atomic E-state index is 0.0302. The summed E-state index contributed by atoms with van der Waals surface area (Å²) in [4.78, 5) is 0. The van der Waals surface area contributed by atoms with Crippen molar-refractivity contribution < 1.29 is 13.2 Å². The van der Waals surface area contributed by atoms with E-state index in [-0.39, 0.29) is 11.4 Å². The Morgan fingerprint density at radius 2 is 2.06 bits per heavy atom. The van der Waals surface area contributed by atoms with E-state index in [4.69, 9.17) is 5.73 Å². The number of benzene rings is 1. The van der Waals surface area contributed by atoms with Crippen molar-refractivity contribution in [2.75, 3.05) is 0 Å². The minimum atomic E-state index is -4.31. The summed E-state index contributed by atoms with van der Waals surface area (Å²) in [7, 11) is 0. The lowest BCUT2D eigenvalue weighted by Crippen LogP contribution is -2.31. The molecule has 5 heteroatoms. The Bertz CT molecular complexity index is 598. The molecule has 2 N–H and O–H groups in total. The highest BCUT2D eigenvalue weighted by molar-refractivity contribution is 5.85. The third kappa shape index (κ3) is 1.70. The molecule has 0 bridgehead atoms. The number of alkyl halides is 3. The quantitative estimate of drug-likeness (QED) is 0.770. The Hall–Kier alpha value is -1.49. The second-order valence-electron chi connectivity index (χ2n) is 4.78. The highest BCUT2D eigenvalue weighted by Gasteiger charge is 2.33. The average Bonchev–Trinajstić information content (AvgIpc) is 2.65. The summed E-state index contributed by atoms with van der Waals surface area (Å²) in [5, 5.41) is 0.286. The molecule has 3 rings (SSSR count). The Balaban J connectivity index is 2.26. The van der Waals surface area contributed by atoms with E-state index in [1.54, 1.807) is 12.1 Å². The van der Waals surface area contributed by atoms with E-state index in [0.717, 1.165) is 24.6 Å². The topological polar surface area (TPSA) is 30.9 Å². The van der Waals surface area contributed by atoms with Gasteiger partial charge in [0.2, 0.25) is 0 Å². The lowest BCUT2D eigenvalue weighted by molar-refractivity contribution is -0.136. The molecule has 0 spiro atoms. The van der Waals surface area contributed by atoms with Crippen molar-refractivity contribution in [2.24, 2.45) is 5.73 Å². The molecule has 0 saturated carbocycles. The van der Waals surface area contributed by atoms with Crippen LogP contribution in [0.25, 0.3) is 10.9 Å². The van der Waals surface area contributed by atoms with Gasteiger partial charge in [0.15, 0.2) is 0 Å². The zero-order chi connectivity index (χ0) is 12.9. The van der Waals surface area contributed by atoms with Gasteiger partial charge >= 0.3 is 6.18 Å². The van der Waals surface area contributed by atoms with E-state index in [0.29, 0.717) is 12.1 Å². The van der Waals surface area contributed by atoms with E-state index in [9.17, 15) is 13.2 Å². The minimum Gasteiger partial charge on any atom is -0.343 e. The molecule has 1 aliphatic rings. The van der Waals surface area contributed by atoms with Crippen LogP contribution >= 0.6 is 0 Å². The predicted octanol–water partition coefficient (Wildman–Crippen LogP) is 2.93. The van der Waals surface area contributed by atoms with Gasteiger partial charge in [-0.2, -0.15) is 13.2 Å². The number of fused-ring (bicyclic) bond motifs is 3. The Labute approximate surface area is 102 Å². The molecule has 1 aliphatic heterocycles. The van der Waals surface area contributed by atoms with Gasteiger partial charge in [-0.3, -0.25) is 0 Å². The molecule has 0 amide bonds. The molecule has 1 unspecified atom stereocenters. The van der Waals surface area contributed by atoms with Gasteiger partial charge in [-0.1, -0.05) is 6.07 Å². The molecule has 0 fully saturated rings. The van der Waals surface area contributed by atoms with Crippen molar-refractivity contribution >= 4 is 10.9 Å². The Morgan fingerprint density at radius 1 is 1.28 bits per heavy atom. The molecular weight excluding hydrogens is 241 g/mol.